The van der Waals surface area contributed by atoms with E-state index in [1.807, 2.05) is 0 Å². The van der Waals surface area contributed by atoms with Gasteiger partial charge in [0.1, 0.15) is 0 Å². The number of rotatable bonds is 4. The molecule has 1 unspecified atom stereocenters. The molecule has 0 radical (unpaired) electrons. The minimum atomic E-state index is 0. The fraction of sp³-hybridized carbons (Fsp3) is 0.571. The molecule has 1 atom stereocenters. The molecule has 1 N–H and O–H groups in total. The Balaban J connectivity index is 0.00000162. The minimum absolute atomic E-state index is 0. The second-order valence-corrected chi connectivity index (χ2v) is 6.46. The predicted octanol–water partition coefficient (Wildman–Crippen LogP) is 3.30. The van der Waals surface area contributed by atoms with Crippen molar-refractivity contribution in [1.82, 2.24) is 10.2 Å². The highest BCUT2D eigenvalue weighted by molar-refractivity contribution is 9.10. The average molecular weight is 334 g/mol. The van der Waals surface area contributed by atoms with Crippen molar-refractivity contribution in [2.45, 2.75) is 19.9 Å². The normalized spacial score (nSPS) is 23.1. The van der Waals surface area contributed by atoms with Crippen LogP contribution in [0.25, 0.3) is 0 Å². The molecule has 0 saturated carbocycles. The van der Waals surface area contributed by atoms with Gasteiger partial charge in [0.05, 0.1) is 0 Å². The zero-order valence-electron chi connectivity index (χ0n) is 11.1. The van der Waals surface area contributed by atoms with Gasteiger partial charge in [0.25, 0.3) is 0 Å². The second kappa shape index (κ2) is 6.90. The van der Waals surface area contributed by atoms with Gasteiger partial charge in [-0.15, -0.1) is 12.4 Å². The SMILES string of the molecule is CN(Cc1cccc(Br)c1)CC1(C)CCNC1.Cl. The van der Waals surface area contributed by atoms with Gasteiger partial charge in [-0.3, -0.25) is 0 Å². The number of hydrogen-bond acceptors (Lipinski definition) is 2. The minimum Gasteiger partial charge on any atom is -0.316 e. The van der Waals surface area contributed by atoms with E-state index >= 15 is 0 Å². The Hall–Kier alpha value is -0.0900. The van der Waals surface area contributed by atoms with Crippen LogP contribution in [0.4, 0.5) is 0 Å². The summed E-state index contributed by atoms with van der Waals surface area (Å²) in [7, 11) is 2.21. The maximum absolute atomic E-state index is 3.52. The fourth-order valence-corrected chi connectivity index (χ4v) is 3.10. The highest BCUT2D eigenvalue weighted by Crippen LogP contribution is 2.25. The van der Waals surface area contributed by atoms with Crippen LogP contribution in [0.2, 0.25) is 0 Å². The van der Waals surface area contributed by atoms with E-state index < -0.39 is 0 Å². The van der Waals surface area contributed by atoms with E-state index in [4.69, 9.17) is 0 Å². The van der Waals surface area contributed by atoms with Crippen LogP contribution in [0.15, 0.2) is 28.7 Å². The number of halogens is 2. The van der Waals surface area contributed by atoms with Crippen molar-refractivity contribution < 1.29 is 0 Å². The van der Waals surface area contributed by atoms with E-state index in [1.165, 1.54) is 18.5 Å². The molecular formula is C14H22BrClN2. The third-order valence-electron chi connectivity index (χ3n) is 3.45. The molecular weight excluding hydrogens is 312 g/mol. The van der Waals surface area contributed by atoms with E-state index in [-0.39, 0.29) is 12.4 Å². The molecule has 1 heterocycles. The van der Waals surface area contributed by atoms with E-state index in [2.05, 4.69) is 64.4 Å². The van der Waals surface area contributed by atoms with Gasteiger partial charge in [-0.05, 0) is 43.1 Å². The number of nitrogens with zero attached hydrogens (tertiary/aromatic N) is 1. The summed E-state index contributed by atoms with van der Waals surface area (Å²) in [6.45, 7) is 6.88. The van der Waals surface area contributed by atoms with Crippen molar-refractivity contribution in [2.24, 2.45) is 5.41 Å². The summed E-state index contributed by atoms with van der Waals surface area (Å²) in [5.41, 5.74) is 1.82. The lowest BCUT2D eigenvalue weighted by atomic mass is 9.89. The van der Waals surface area contributed by atoms with E-state index in [0.717, 1.165) is 24.1 Å². The van der Waals surface area contributed by atoms with Gasteiger partial charge in [0, 0.05) is 24.1 Å². The van der Waals surface area contributed by atoms with Crippen molar-refractivity contribution in [3.8, 4) is 0 Å². The molecule has 0 amide bonds. The van der Waals surface area contributed by atoms with Gasteiger partial charge < -0.3 is 10.2 Å². The summed E-state index contributed by atoms with van der Waals surface area (Å²) in [6, 6.07) is 8.57. The lowest BCUT2D eigenvalue weighted by Crippen LogP contribution is -2.34. The van der Waals surface area contributed by atoms with Crippen molar-refractivity contribution in [1.29, 1.82) is 0 Å². The van der Waals surface area contributed by atoms with Gasteiger partial charge in [-0.25, -0.2) is 0 Å². The zero-order chi connectivity index (χ0) is 12.3. The summed E-state index contributed by atoms with van der Waals surface area (Å²) < 4.78 is 1.16. The first-order valence-electron chi connectivity index (χ1n) is 6.21. The van der Waals surface area contributed by atoms with Crippen LogP contribution in [-0.4, -0.2) is 31.6 Å². The first-order valence-corrected chi connectivity index (χ1v) is 7.00. The average Bonchev–Trinajstić information content (AvgIpc) is 2.64. The molecule has 2 rings (SSSR count). The van der Waals surface area contributed by atoms with Gasteiger partial charge in [0.2, 0.25) is 0 Å². The molecule has 1 fully saturated rings. The van der Waals surface area contributed by atoms with Gasteiger partial charge in [-0.2, -0.15) is 0 Å². The highest BCUT2D eigenvalue weighted by Gasteiger charge is 2.29. The van der Waals surface area contributed by atoms with Crippen molar-refractivity contribution in [3.63, 3.8) is 0 Å². The van der Waals surface area contributed by atoms with Gasteiger partial charge in [-0.1, -0.05) is 35.0 Å². The molecule has 18 heavy (non-hydrogen) atoms. The van der Waals surface area contributed by atoms with Crippen LogP contribution in [0.5, 0.6) is 0 Å². The van der Waals surface area contributed by atoms with E-state index in [9.17, 15) is 0 Å². The Kier molecular flexibility index (Phi) is 6.12. The number of nitrogens with one attached hydrogen (secondary N) is 1. The third-order valence-corrected chi connectivity index (χ3v) is 3.94. The monoisotopic (exact) mass is 332 g/mol. The maximum atomic E-state index is 3.52. The Bertz CT molecular complexity index is 378. The zero-order valence-corrected chi connectivity index (χ0v) is 13.5. The Morgan fingerprint density at radius 3 is 2.83 bits per heavy atom. The molecule has 1 aliphatic heterocycles. The van der Waals surface area contributed by atoms with E-state index in [1.54, 1.807) is 0 Å². The molecule has 0 aromatic heterocycles. The first kappa shape index (κ1) is 16.0. The molecule has 1 aromatic rings. The topological polar surface area (TPSA) is 15.3 Å². The Morgan fingerprint density at radius 2 is 2.22 bits per heavy atom. The molecule has 0 bridgehead atoms. The Morgan fingerprint density at radius 1 is 1.44 bits per heavy atom. The van der Waals surface area contributed by atoms with Crippen molar-refractivity contribution >= 4 is 28.3 Å². The van der Waals surface area contributed by atoms with Crippen molar-refractivity contribution in [3.05, 3.63) is 34.3 Å². The molecule has 1 aromatic carbocycles. The number of benzene rings is 1. The van der Waals surface area contributed by atoms with Crippen LogP contribution < -0.4 is 5.32 Å². The molecule has 1 saturated heterocycles. The van der Waals surface area contributed by atoms with Crippen LogP contribution in [0, 0.1) is 5.41 Å². The molecule has 0 spiro atoms. The second-order valence-electron chi connectivity index (χ2n) is 5.54. The first-order chi connectivity index (χ1) is 8.07. The van der Waals surface area contributed by atoms with Crippen molar-refractivity contribution in [2.75, 3.05) is 26.7 Å². The quantitative estimate of drug-likeness (QED) is 0.909. The predicted molar refractivity (Wildman–Crippen MR) is 83.3 cm³/mol. The largest absolute Gasteiger partial charge is 0.316 e. The summed E-state index contributed by atoms with van der Waals surface area (Å²) in [5.74, 6) is 0. The molecule has 1 aliphatic rings. The highest BCUT2D eigenvalue weighted by atomic mass is 79.9. The standard InChI is InChI=1S/C14H21BrN2.ClH/c1-14(6-7-16-10-14)11-17(2)9-12-4-3-5-13(15)8-12;/h3-5,8,16H,6-7,9-11H2,1-2H3;1H. The summed E-state index contributed by atoms with van der Waals surface area (Å²) in [6.07, 6.45) is 1.29. The van der Waals surface area contributed by atoms with Gasteiger partial charge in [0.15, 0.2) is 0 Å². The number of hydrogen-bond donors (Lipinski definition) is 1. The maximum Gasteiger partial charge on any atom is 0.0231 e. The van der Waals surface area contributed by atoms with Crippen LogP contribution in [-0.2, 0) is 6.54 Å². The van der Waals surface area contributed by atoms with Crippen LogP contribution in [0.3, 0.4) is 0 Å². The smallest absolute Gasteiger partial charge is 0.0231 e. The summed E-state index contributed by atoms with van der Waals surface area (Å²) in [4.78, 5) is 2.43. The Labute approximate surface area is 125 Å². The lowest BCUT2D eigenvalue weighted by Gasteiger charge is -2.29. The molecule has 102 valence electrons. The molecule has 0 aliphatic carbocycles. The van der Waals surface area contributed by atoms with Crippen LogP contribution in [0.1, 0.15) is 18.9 Å². The lowest BCUT2D eigenvalue weighted by molar-refractivity contribution is 0.203. The fourth-order valence-electron chi connectivity index (χ4n) is 2.66. The molecule has 2 nitrogen and oxygen atoms in total. The van der Waals surface area contributed by atoms with Gasteiger partial charge >= 0.3 is 0 Å². The van der Waals surface area contributed by atoms with Crippen LogP contribution >= 0.6 is 28.3 Å². The van der Waals surface area contributed by atoms with E-state index in [0.29, 0.717) is 5.41 Å². The molecule has 4 heteroatoms. The summed E-state index contributed by atoms with van der Waals surface area (Å²) >= 11 is 3.52. The third kappa shape index (κ3) is 4.54. The summed E-state index contributed by atoms with van der Waals surface area (Å²) in [5, 5.41) is 3.46.